The lowest BCUT2D eigenvalue weighted by molar-refractivity contribution is -0.137. The number of halogens is 3. The molecule has 1 N–H and O–H groups in total. The van der Waals surface area contributed by atoms with E-state index in [9.17, 15) is 26.7 Å². The van der Waals surface area contributed by atoms with Gasteiger partial charge >= 0.3 is 6.18 Å². The molecule has 2 rings (SSSR count). The molecule has 1 aliphatic heterocycles. The van der Waals surface area contributed by atoms with Crippen LogP contribution in [0.4, 0.5) is 13.2 Å². The summed E-state index contributed by atoms with van der Waals surface area (Å²) in [4.78, 5) is 0. The molecule has 1 aromatic rings. The zero-order valence-corrected chi connectivity index (χ0v) is 10.8. The van der Waals surface area contributed by atoms with E-state index in [-0.39, 0.29) is 24.3 Å². The minimum absolute atomic E-state index is 0.0460. The molecule has 1 atom stereocenters. The highest BCUT2D eigenvalue weighted by Crippen LogP contribution is 2.31. The Labute approximate surface area is 109 Å². The first-order valence-electron chi connectivity index (χ1n) is 5.69. The normalized spacial score (nSPS) is 26.5. The van der Waals surface area contributed by atoms with Gasteiger partial charge in [-0.3, -0.25) is 0 Å². The summed E-state index contributed by atoms with van der Waals surface area (Å²) in [7, 11) is -3.24. The monoisotopic (exact) mass is 294 g/mol. The van der Waals surface area contributed by atoms with Crippen LogP contribution in [0.3, 0.4) is 0 Å². The summed E-state index contributed by atoms with van der Waals surface area (Å²) in [6.07, 6.45) is -4.23. The van der Waals surface area contributed by atoms with Crippen molar-refractivity contribution in [3.8, 4) is 0 Å². The van der Waals surface area contributed by atoms with Crippen LogP contribution in [-0.4, -0.2) is 30.6 Å². The van der Waals surface area contributed by atoms with Gasteiger partial charge in [0.15, 0.2) is 9.84 Å². The van der Waals surface area contributed by atoms with Crippen molar-refractivity contribution in [3.63, 3.8) is 0 Å². The average molecular weight is 294 g/mol. The van der Waals surface area contributed by atoms with Gasteiger partial charge < -0.3 is 5.11 Å². The summed E-state index contributed by atoms with van der Waals surface area (Å²) in [5.41, 5.74) is -1.63. The molecule has 0 aromatic heterocycles. The van der Waals surface area contributed by atoms with Crippen LogP contribution in [0.2, 0.25) is 0 Å². The molecule has 0 radical (unpaired) electrons. The third kappa shape index (κ3) is 3.48. The third-order valence-corrected chi connectivity index (χ3v) is 4.98. The highest BCUT2D eigenvalue weighted by Gasteiger charge is 2.40. The number of hydrogen-bond donors (Lipinski definition) is 1. The van der Waals surface area contributed by atoms with E-state index in [1.165, 1.54) is 12.1 Å². The summed E-state index contributed by atoms with van der Waals surface area (Å²) in [6.45, 7) is 0. The summed E-state index contributed by atoms with van der Waals surface area (Å²) in [5, 5.41) is 10.1. The van der Waals surface area contributed by atoms with E-state index in [0.717, 1.165) is 12.1 Å². The van der Waals surface area contributed by atoms with Gasteiger partial charge in [0.2, 0.25) is 0 Å². The van der Waals surface area contributed by atoms with Crippen LogP contribution in [0.15, 0.2) is 24.3 Å². The Morgan fingerprint density at radius 1 is 1.21 bits per heavy atom. The number of rotatable bonds is 2. The van der Waals surface area contributed by atoms with Gasteiger partial charge in [-0.1, -0.05) is 12.1 Å². The second kappa shape index (κ2) is 4.49. The Morgan fingerprint density at radius 2 is 1.79 bits per heavy atom. The topological polar surface area (TPSA) is 54.4 Å². The summed E-state index contributed by atoms with van der Waals surface area (Å²) in [6, 6.07) is 4.40. The molecule has 1 unspecified atom stereocenters. The summed E-state index contributed by atoms with van der Waals surface area (Å²) < 4.78 is 59.7. The van der Waals surface area contributed by atoms with Crippen LogP contribution in [0.25, 0.3) is 0 Å². The SMILES string of the molecule is O=S1(=O)CCC(O)(Cc2ccc(C(F)(F)F)cc2)C1. The van der Waals surface area contributed by atoms with Crippen LogP contribution < -0.4 is 0 Å². The van der Waals surface area contributed by atoms with E-state index in [1.54, 1.807) is 0 Å². The minimum atomic E-state index is -4.40. The molecular weight excluding hydrogens is 281 g/mol. The van der Waals surface area contributed by atoms with Crippen molar-refractivity contribution >= 4 is 9.84 Å². The van der Waals surface area contributed by atoms with Crippen LogP contribution in [0, 0.1) is 0 Å². The van der Waals surface area contributed by atoms with Crippen LogP contribution in [0.5, 0.6) is 0 Å². The fourth-order valence-corrected chi connectivity index (χ4v) is 4.13. The zero-order chi connectivity index (χ0) is 14.3. The van der Waals surface area contributed by atoms with E-state index in [4.69, 9.17) is 0 Å². The van der Waals surface area contributed by atoms with E-state index < -0.39 is 27.2 Å². The van der Waals surface area contributed by atoms with Crippen molar-refractivity contribution in [2.45, 2.75) is 24.6 Å². The predicted molar refractivity (Wildman–Crippen MR) is 63.4 cm³/mol. The molecule has 0 aliphatic carbocycles. The van der Waals surface area contributed by atoms with Crippen molar-refractivity contribution in [1.29, 1.82) is 0 Å². The number of benzene rings is 1. The van der Waals surface area contributed by atoms with Gasteiger partial charge in [-0.15, -0.1) is 0 Å². The van der Waals surface area contributed by atoms with Crippen LogP contribution in [0.1, 0.15) is 17.5 Å². The van der Waals surface area contributed by atoms with Gasteiger partial charge in [-0.05, 0) is 24.1 Å². The quantitative estimate of drug-likeness (QED) is 0.905. The van der Waals surface area contributed by atoms with Crippen molar-refractivity contribution in [2.75, 3.05) is 11.5 Å². The first-order chi connectivity index (χ1) is 8.60. The number of alkyl halides is 3. The maximum atomic E-state index is 12.4. The molecule has 0 saturated carbocycles. The number of hydrogen-bond acceptors (Lipinski definition) is 3. The lowest BCUT2D eigenvalue weighted by atomic mass is 9.93. The maximum absolute atomic E-state index is 12.4. The molecule has 7 heteroatoms. The molecule has 106 valence electrons. The van der Waals surface area contributed by atoms with Gasteiger partial charge in [0.1, 0.15) is 0 Å². The first kappa shape index (κ1) is 14.3. The molecule has 19 heavy (non-hydrogen) atoms. The first-order valence-corrected chi connectivity index (χ1v) is 7.51. The van der Waals surface area contributed by atoms with Crippen molar-refractivity contribution in [2.24, 2.45) is 0 Å². The predicted octanol–water partition coefficient (Wildman–Crippen LogP) is 1.80. The smallest absolute Gasteiger partial charge is 0.388 e. The largest absolute Gasteiger partial charge is 0.416 e. The van der Waals surface area contributed by atoms with Gasteiger partial charge in [0.25, 0.3) is 0 Å². The van der Waals surface area contributed by atoms with Crippen LogP contribution >= 0.6 is 0 Å². The Kier molecular flexibility index (Phi) is 3.38. The standard InChI is InChI=1S/C12H13F3O3S/c13-12(14,15)10-3-1-9(2-4-10)7-11(16)5-6-19(17,18)8-11/h1-4,16H,5-8H2. The molecule has 3 nitrogen and oxygen atoms in total. The van der Waals surface area contributed by atoms with Gasteiger partial charge in [-0.25, -0.2) is 8.42 Å². The molecule has 1 heterocycles. The molecule has 1 aliphatic rings. The Bertz CT molecular complexity index is 563. The fourth-order valence-electron chi connectivity index (χ4n) is 2.23. The Hall–Kier alpha value is -1.08. The zero-order valence-electron chi connectivity index (χ0n) is 9.94. The van der Waals surface area contributed by atoms with E-state index in [0.29, 0.717) is 5.56 Å². The number of aliphatic hydroxyl groups is 1. The Morgan fingerprint density at radius 3 is 2.21 bits per heavy atom. The van der Waals surface area contributed by atoms with Gasteiger partial charge in [0, 0.05) is 6.42 Å². The van der Waals surface area contributed by atoms with Crippen molar-refractivity contribution < 1.29 is 26.7 Å². The van der Waals surface area contributed by atoms with E-state index in [2.05, 4.69) is 0 Å². The van der Waals surface area contributed by atoms with E-state index in [1.807, 2.05) is 0 Å². The molecule has 1 aromatic carbocycles. The minimum Gasteiger partial charge on any atom is -0.388 e. The lowest BCUT2D eigenvalue weighted by Gasteiger charge is -2.20. The highest BCUT2D eigenvalue weighted by molar-refractivity contribution is 7.91. The average Bonchev–Trinajstić information content (AvgIpc) is 2.52. The van der Waals surface area contributed by atoms with Crippen LogP contribution in [-0.2, 0) is 22.4 Å². The molecule has 0 bridgehead atoms. The van der Waals surface area contributed by atoms with E-state index >= 15 is 0 Å². The van der Waals surface area contributed by atoms with Crippen molar-refractivity contribution in [3.05, 3.63) is 35.4 Å². The highest BCUT2D eigenvalue weighted by atomic mass is 32.2. The second-order valence-electron chi connectivity index (χ2n) is 4.94. The third-order valence-electron chi connectivity index (χ3n) is 3.18. The summed E-state index contributed by atoms with van der Waals surface area (Å²) in [5.74, 6) is -0.412. The fraction of sp³-hybridized carbons (Fsp3) is 0.500. The second-order valence-corrected chi connectivity index (χ2v) is 7.12. The van der Waals surface area contributed by atoms with Gasteiger partial charge in [-0.2, -0.15) is 13.2 Å². The molecule has 1 saturated heterocycles. The molecule has 1 fully saturated rings. The molecule has 0 spiro atoms. The number of sulfone groups is 1. The Balaban J connectivity index is 2.13. The van der Waals surface area contributed by atoms with Gasteiger partial charge in [0.05, 0.1) is 22.7 Å². The van der Waals surface area contributed by atoms with Crippen molar-refractivity contribution in [1.82, 2.24) is 0 Å². The summed E-state index contributed by atoms with van der Waals surface area (Å²) >= 11 is 0. The molecule has 0 amide bonds. The lowest BCUT2D eigenvalue weighted by Crippen LogP contribution is -2.32. The maximum Gasteiger partial charge on any atom is 0.416 e. The molecular formula is C12H13F3O3S.